The maximum absolute atomic E-state index is 7.00. The van der Waals surface area contributed by atoms with Crippen molar-refractivity contribution < 1.29 is 14.9 Å². The summed E-state index contributed by atoms with van der Waals surface area (Å²) >= 11 is 3.59. The van der Waals surface area contributed by atoms with E-state index in [1.807, 2.05) is 45.7 Å². The summed E-state index contributed by atoms with van der Waals surface area (Å²) < 4.78 is 10.4. The number of aryl methyl sites for hydroxylation is 1. The van der Waals surface area contributed by atoms with Crippen LogP contribution in [0.2, 0.25) is 0 Å². The molecule has 0 amide bonds. The molecule has 1 aliphatic heterocycles. The Kier molecular flexibility index (Phi) is 28.0. The molecule has 0 aliphatic carbocycles. The fourth-order valence-corrected chi connectivity index (χ4v) is 6.68. The third-order valence-corrected chi connectivity index (χ3v) is 9.10. The van der Waals surface area contributed by atoms with Crippen LogP contribution >= 0.6 is 23.3 Å². The van der Waals surface area contributed by atoms with E-state index in [4.69, 9.17) is 20.7 Å². The number of benzene rings is 1. The van der Waals surface area contributed by atoms with Crippen LogP contribution in [0, 0.1) is 6.92 Å². The number of nitrogens with zero attached hydrogens (tertiary/aromatic N) is 2. The Morgan fingerprint density at radius 1 is 1.09 bits per heavy atom. The van der Waals surface area contributed by atoms with Gasteiger partial charge in [0.25, 0.3) is 0 Å². The molecule has 1 fully saturated rings. The van der Waals surface area contributed by atoms with Crippen LogP contribution < -0.4 is 5.73 Å². The second-order valence-corrected chi connectivity index (χ2v) is 12.0. The number of thioether (sulfide) groups is 1. The Labute approximate surface area is 284 Å². The van der Waals surface area contributed by atoms with E-state index in [9.17, 15) is 0 Å². The molecule has 1 aromatic carbocycles. The highest BCUT2D eigenvalue weighted by molar-refractivity contribution is 7.98. The fourth-order valence-electron chi connectivity index (χ4n) is 4.49. The van der Waals surface area contributed by atoms with Gasteiger partial charge in [-0.2, -0.15) is 16.1 Å². The van der Waals surface area contributed by atoms with Gasteiger partial charge in [-0.3, -0.25) is 4.99 Å². The highest BCUT2D eigenvalue weighted by Crippen LogP contribution is 2.34. The molecule has 2 unspecified atom stereocenters. The van der Waals surface area contributed by atoms with Crippen molar-refractivity contribution >= 4 is 29.5 Å². The first-order valence-corrected chi connectivity index (χ1v) is 18.1. The molecule has 2 atom stereocenters. The van der Waals surface area contributed by atoms with Gasteiger partial charge in [-0.15, -0.1) is 0 Å². The van der Waals surface area contributed by atoms with Gasteiger partial charge in [-0.05, 0) is 95.5 Å². The minimum atomic E-state index is 0.442. The molecule has 1 aliphatic rings. The lowest BCUT2D eigenvalue weighted by molar-refractivity contribution is 0.0700. The molecule has 0 spiro atoms. The minimum absolute atomic E-state index is 0.442. The number of allylic oxidation sites excluding steroid dienone is 4. The molecule has 45 heavy (non-hydrogen) atoms. The van der Waals surface area contributed by atoms with Crippen LogP contribution in [-0.4, -0.2) is 53.0 Å². The molecule has 0 bridgehead atoms. The second kappa shape index (κ2) is 28.0. The third kappa shape index (κ3) is 16.8. The summed E-state index contributed by atoms with van der Waals surface area (Å²) in [5, 5.41) is 14.0. The van der Waals surface area contributed by atoms with Gasteiger partial charge >= 0.3 is 0 Å². The van der Waals surface area contributed by atoms with Crippen molar-refractivity contribution in [1.29, 1.82) is 0 Å². The fraction of sp³-hybridized carbons (Fsp3) is 0.568. The quantitative estimate of drug-likeness (QED) is 0.164. The van der Waals surface area contributed by atoms with E-state index in [1.54, 1.807) is 11.5 Å². The van der Waals surface area contributed by atoms with E-state index in [0.29, 0.717) is 12.2 Å². The first-order valence-electron chi connectivity index (χ1n) is 16.2. The van der Waals surface area contributed by atoms with Crippen molar-refractivity contribution in [2.45, 2.75) is 119 Å². The van der Waals surface area contributed by atoms with Gasteiger partial charge in [0.2, 0.25) is 0 Å². The second-order valence-electron chi connectivity index (χ2n) is 10.2. The van der Waals surface area contributed by atoms with E-state index in [0.717, 1.165) is 62.0 Å². The summed E-state index contributed by atoms with van der Waals surface area (Å²) in [5.74, 6) is 2.12. The average molecular weight is 662 g/mol. The van der Waals surface area contributed by atoms with Crippen molar-refractivity contribution in [3.8, 4) is 10.4 Å². The first kappa shape index (κ1) is 44.9. The molecule has 4 N–H and O–H groups in total. The van der Waals surface area contributed by atoms with Gasteiger partial charge in [-0.25, -0.2) is 0 Å². The molecule has 1 aromatic heterocycles. The minimum Gasteiger partial charge on any atom is -0.400 e. The molecular weight excluding hydrogens is 599 g/mol. The van der Waals surface area contributed by atoms with E-state index < -0.39 is 0 Å². The van der Waals surface area contributed by atoms with Crippen molar-refractivity contribution in [2.24, 2.45) is 10.7 Å². The van der Waals surface area contributed by atoms with Crippen LogP contribution in [0.25, 0.3) is 10.4 Å². The molecule has 256 valence electrons. The summed E-state index contributed by atoms with van der Waals surface area (Å²) in [4.78, 5) is 5.71. The molecule has 3 rings (SSSR count). The van der Waals surface area contributed by atoms with Crippen LogP contribution in [0.1, 0.15) is 106 Å². The topological polar surface area (TPSA) is 101 Å². The van der Waals surface area contributed by atoms with Crippen LogP contribution in [0.15, 0.2) is 69.5 Å². The average Bonchev–Trinajstić information content (AvgIpc) is 3.67. The summed E-state index contributed by atoms with van der Waals surface area (Å²) in [7, 11) is 2.00. The van der Waals surface area contributed by atoms with Crippen molar-refractivity contribution in [2.75, 3.05) is 20.0 Å². The largest absolute Gasteiger partial charge is 0.400 e. The number of hydrogen-bond donors (Lipinski definition) is 3. The summed E-state index contributed by atoms with van der Waals surface area (Å²) in [5.41, 5.74) is 15.5. The lowest BCUT2D eigenvalue weighted by Crippen LogP contribution is -2.11. The van der Waals surface area contributed by atoms with Crippen LogP contribution in [-0.2, 0) is 10.5 Å². The number of ether oxygens (including phenoxy) is 1. The molecular formula is C37H63N3O3S2. The number of aliphatic imine (C=N–C) groups is 1. The normalized spacial score (nSPS) is 16.9. The van der Waals surface area contributed by atoms with Gasteiger partial charge in [0.15, 0.2) is 0 Å². The maximum Gasteiger partial charge on any atom is 0.0670 e. The van der Waals surface area contributed by atoms with Gasteiger partial charge < -0.3 is 20.7 Å². The maximum atomic E-state index is 7.00. The Hall–Kier alpha value is -2.23. The highest BCUT2D eigenvalue weighted by Gasteiger charge is 2.22. The Bertz CT molecular complexity index is 1150. The monoisotopic (exact) mass is 661 g/mol. The Balaban J connectivity index is 0. The Morgan fingerprint density at radius 2 is 1.71 bits per heavy atom. The van der Waals surface area contributed by atoms with E-state index in [1.165, 1.54) is 45.7 Å². The van der Waals surface area contributed by atoms with Gasteiger partial charge in [0.1, 0.15) is 0 Å². The van der Waals surface area contributed by atoms with E-state index >= 15 is 0 Å². The smallest absolute Gasteiger partial charge is 0.0670 e. The number of rotatable bonds is 11. The molecule has 0 saturated carbocycles. The van der Waals surface area contributed by atoms with Crippen LogP contribution in [0.4, 0.5) is 0 Å². The summed E-state index contributed by atoms with van der Waals surface area (Å²) in [6.45, 7) is 20.8. The number of aliphatic hydroxyl groups excluding tert-OH is 2. The number of unbranched alkanes of at least 4 members (excludes halogenated alkanes) is 1. The zero-order valence-electron chi connectivity index (χ0n) is 30.2. The van der Waals surface area contributed by atoms with Crippen LogP contribution in [0.3, 0.4) is 0 Å². The van der Waals surface area contributed by atoms with Gasteiger partial charge in [0, 0.05) is 54.5 Å². The number of aromatic nitrogens is 1. The first-order chi connectivity index (χ1) is 21.7. The summed E-state index contributed by atoms with van der Waals surface area (Å²) in [6, 6.07) is 10.6. The van der Waals surface area contributed by atoms with Crippen LogP contribution in [0.5, 0.6) is 0 Å². The van der Waals surface area contributed by atoms with Crippen molar-refractivity contribution in [3.63, 3.8) is 0 Å². The SMILES string of the molecule is CC.CC=N/C(C)=C(C(/C)=C\CCC)\C(N)=C(/C)CC.CO.CO.Cc1nsc(-c2ccccc2)c1CSCC1CCC(C)O1. The summed E-state index contributed by atoms with van der Waals surface area (Å²) in [6.07, 6.45) is 10.6. The molecule has 1 saturated heterocycles. The van der Waals surface area contributed by atoms with Gasteiger partial charge in [-0.1, -0.05) is 70.5 Å². The molecule has 6 nitrogen and oxygen atoms in total. The predicted molar refractivity (Wildman–Crippen MR) is 202 cm³/mol. The van der Waals surface area contributed by atoms with Crippen molar-refractivity contribution in [3.05, 3.63) is 75.8 Å². The highest BCUT2D eigenvalue weighted by atomic mass is 32.2. The lowest BCUT2D eigenvalue weighted by atomic mass is 9.97. The van der Waals surface area contributed by atoms with E-state index in [-0.39, 0.29) is 0 Å². The van der Waals surface area contributed by atoms with E-state index in [2.05, 4.69) is 87.3 Å². The molecule has 2 aromatic rings. The molecule has 0 radical (unpaired) electrons. The van der Waals surface area contributed by atoms with Crippen molar-refractivity contribution in [1.82, 2.24) is 4.37 Å². The Morgan fingerprint density at radius 3 is 2.22 bits per heavy atom. The van der Waals surface area contributed by atoms with Gasteiger partial charge in [0.05, 0.1) is 22.8 Å². The third-order valence-electron chi connectivity index (χ3n) is 6.97. The zero-order chi connectivity index (χ0) is 34.8. The molecule has 2 heterocycles. The standard InChI is InChI=1S/C17H21NOS2.C16H28N2.C2H6.2CH4O/c1-12-8-9-15(19-12)10-20-11-16-13(2)18-21-17(16)14-6-4-3-5-7-14;1-7-10-11-13(5)15(14(6)18-9-3)16(17)12(4)8-2;3*1-2/h3-7,12,15H,8-11H2,1-2H3;9,11H,7-8,10,17H2,1-6H3;1-2H3;2*2H,1H3/b;13-11-,15-14-,16-12-,18-9?;;;. The predicted octanol–water partition coefficient (Wildman–Crippen LogP) is 9.90. The lowest BCUT2D eigenvalue weighted by Gasteiger charge is -2.14. The number of nitrogens with two attached hydrogens (primary N) is 1. The zero-order valence-corrected chi connectivity index (χ0v) is 31.9. The number of aliphatic hydroxyl groups is 2. The number of hydrogen-bond acceptors (Lipinski definition) is 8. The molecule has 8 heteroatoms.